The summed E-state index contributed by atoms with van der Waals surface area (Å²) in [6, 6.07) is 12.0. The van der Waals surface area contributed by atoms with Gasteiger partial charge in [0.05, 0.1) is 48.4 Å². The molecule has 3 aliphatic heterocycles. The summed E-state index contributed by atoms with van der Waals surface area (Å²) in [5, 5.41) is 0.489. The van der Waals surface area contributed by atoms with E-state index < -0.39 is 15.3 Å². The van der Waals surface area contributed by atoms with Crippen molar-refractivity contribution in [3.63, 3.8) is 0 Å². The van der Waals surface area contributed by atoms with Gasteiger partial charge < -0.3 is 23.8 Å². The van der Waals surface area contributed by atoms with Crippen LogP contribution < -0.4 is 14.4 Å². The number of allylic oxidation sites excluding steroid dienone is 1. The molecule has 2 bridgehead atoms. The highest BCUT2D eigenvalue weighted by Crippen LogP contribution is 2.49. The lowest BCUT2D eigenvalue weighted by Gasteiger charge is -2.50. The third-order valence-electron chi connectivity index (χ3n) is 12.5. The van der Waals surface area contributed by atoms with Gasteiger partial charge in [0.15, 0.2) is 0 Å². The standard InChI is InChI=1S/C41H56ClN3O6S/c1-4-34-9-5-6-17-41(48-2,29-50-23-20-44-18-21-49-22-19-44)36-13-10-32(36)26-45-27-40(16-7-8-30-24-33(42)12-14-35(30)40)28-51-38-15-11-31(25-37(38)45)39(46)43-52(34,3)47/h6,11-12,14-15,17,24-25,32,34,36H,3-5,7-10,13,16,18-23,26-29H2,1-2H3,(H,43,46,47)/b17-6+/t32-,34+,36+,40-,41-,52?/m0/s1. The molecule has 2 aromatic carbocycles. The molecule has 1 spiro atoms. The number of nitrogens with zero attached hydrogens (tertiary/aromatic N) is 2. The molecular weight excluding hydrogens is 698 g/mol. The van der Waals surface area contributed by atoms with Gasteiger partial charge in [-0.1, -0.05) is 36.7 Å². The third-order valence-corrected chi connectivity index (χ3v) is 14.9. The Bertz CT molecular complexity index is 1730. The second-order valence-corrected chi connectivity index (χ2v) is 18.3. The molecule has 9 nitrogen and oxygen atoms in total. The summed E-state index contributed by atoms with van der Waals surface area (Å²) in [5.41, 5.74) is 3.10. The fraction of sp³-hybridized carbons (Fsp3) is 0.610. The highest BCUT2D eigenvalue weighted by Gasteiger charge is 2.49. The summed E-state index contributed by atoms with van der Waals surface area (Å²) in [6.45, 7) is 9.44. The zero-order valence-corrected chi connectivity index (χ0v) is 32.5. The zero-order chi connectivity index (χ0) is 36.3. The number of rotatable bonds is 7. The number of benzene rings is 2. The first-order chi connectivity index (χ1) is 25.1. The summed E-state index contributed by atoms with van der Waals surface area (Å²) >= 11 is 6.50. The first kappa shape index (κ1) is 37.7. The largest absolute Gasteiger partial charge is 0.490 e. The lowest BCUT2D eigenvalue weighted by atomic mass is 9.64. The van der Waals surface area contributed by atoms with Gasteiger partial charge in [0.1, 0.15) is 11.4 Å². The van der Waals surface area contributed by atoms with E-state index in [1.807, 2.05) is 32.2 Å². The van der Waals surface area contributed by atoms with Crippen LogP contribution in [0.15, 0.2) is 48.6 Å². The molecule has 1 unspecified atom stereocenters. The lowest BCUT2D eigenvalue weighted by molar-refractivity contribution is -0.120. The topological polar surface area (TPSA) is 89.6 Å². The van der Waals surface area contributed by atoms with E-state index in [1.54, 1.807) is 6.07 Å². The fourth-order valence-electron chi connectivity index (χ4n) is 9.30. The van der Waals surface area contributed by atoms with E-state index in [2.05, 4.69) is 44.7 Å². The number of fused-ring (bicyclic) bond motifs is 4. The Morgan fingerprint density at radius 3 is 2.75 bits per heavy atom. The van der Waals surface area contributed by atoms with Gasteiger partial charge in [-0.15, -0.1) is 0 Å². The number of carbonyl (C=O) groups excluding carboxylic acids is 1. The first-order valence-electron chi connectivity index (χ1n) is 19.2. The summed E-state index contributed by atoms with van der Waals surface area (Å²) in [5.74, 6) is 5.03. The average Bonchev–Trinajstić information content (AvgIpc) is 3.28. The number of halogens is 1. The van der Waals surface area contributed by atoms with Gasteiger partial charge in [0, 0.05) is 61.1 Å². The smallest absolute Gasteiger partial charge is 0.262 e. The number of hydrogen-bond donors (Lipinski definition) is 1. The van der Waals surface area contributed by atoms with E-state index in [9.17, 15) is 9.00 Å². The van der Waals surface area contributed by atoms with Crippen LogP contribution in [0, 0.1) is 11.8 Å². The van der Waals surface area contributed by atoms with Crippen molar-refractivity contribution in [1.82, 2.24) is 9.62 Å². The van der Waals surface area contributed by atoms with E-state index in [0.29, 0.717) is 50.6 Å². The van der Waals surface area contributed by atoms with Crippen molar-refractivity contribution in [1.29, 1.82) is 0 Å². The van der Waals surface area contributed by atoms with Crippen LogP contribution in [0.3, 0.4) is 0 Å². The van der Waals surface area contributed by atoms with Crippen LogP contribution in [0.1, 0.15) is 73.4 Å². The molecule has 3 heterocycles. The van der Waals surface area contributed by atoms with Crippen LogP contribution >= 0.6 is 11.6 Å². The average molecular weight is 754 g/mol. The molecule has 6 atom stereocenters. The molecule has 1 saturated carbocycles. The van der Waals surface area contributed by atoms with Gasteiger partial charge in [-0.25, -0.2) is 4.21 Å². The number of morpholine rings is 1. The number of carbonyl (C=O) groups is 1. The maximum Gasteiger partial charge on any atom is 0.262 e. The molecule has 2 aromatic rings. The minimum atomic E-state index is -2.93. The molecule has 7 rings (SSSR count). The van der Waals surface area contributed by atoms with Gasteiger partial charge in [-0.3, -0.25) is 14.4 Å². The fourth-order valence-corrected chi connectivity index (χ4v) is 11.2. The highest BCUT2D eigenvalue weighted by atomic mass is 35.5. The van der Waals surface area contributed by atoms with Crippen LogP contribution in [-0.4, -0.2) is 105 Å². The summed E-state index contributed by atoms with van der Waals surface area (Å²) in [7, 11) is -1.11. The molecule has 5 aliphatic rings. The molecule has 0 aromatic heterocycles. The van der Waals surface area contributed by atoms with E-state index in [0.717, 1.165) is 94.5 Å². The minimum absolute atomic E-state index is 0.233. The number of hydrogen-bond acceptors (Lipinski definition) is 8. The Kier molecular flexibility index (Phi) is 11.6. The second-order valence-electron chi connectivity index (χ2n) is 15.6. The molecular formula is C41H56ClN3O6S. The van der Waals surface area contributed by atoms with Gasteiger partial charge >= 0.3 is 0 Å². The zero-order valence-electron chi connectivity index (χ0n) is 30.9. The third kappa shape index (κ3) is 7.80. The van der Waals surface area contributed by atoms with E-state index in [1.165, 1.54) is 11.1 Å². The van der Waals surface area contributed by atoms with E-state index in [-0.39, 0.29) is 22.5 Å². The number of methoxy groups -OCH3 is 1. The van der Waals surface area contributed by atoms with Crippen LogP contribution in [-0.2, 0) is 35.8 Å². The quantitative estimate of drug-likeness (QED) is 0.208. The first-order valence-corrected chi connectivity index (χ1v) is 21.4. The number of aryl methyl sites for hydroxylation is 1. The molecule has 284 valence electrons. The Morgan fingerprint density at radius 1 is 1.13 bits per heavy atom. The van der Waals surface area contributed by atoms with Crippen LogP contribution in [0.25, 0.3) is 0 Å². The van der Waals surface area contributed by atoms with Crippen LogP contribution in [0.5, 0.6) is 5.75 Å². The minimum Gasteiger partial charge on any atom is -0.490 e. The molecule has 2 aliphatic carbocycles. The highest BCUT2D eigenvalue weighted by molar-refractivity contribution is 7.99. The molecule has 1 amide bonds. The predicted molar refractivity (Wildman–Crippen MR) is 209 cm³/mol. The summed E-state index contributed by atoms with van der Waals surface area (Å²) in [4.78, 5) is 18.6. The van der Waals surface area contributed by atoms with Crippen molar-refractivity contribution in [2.45, 2.75) is 74.6 Å². The Labute approximate surface area is 315 Å². The Balaban J connectivity index is 1.24. The number of amides is 1. The van der Waals surface area contributed by atoms with E-state index >= 15 is 0 Å². The Morgan fingerprint density at radius 2 is 1.98 bits per heavy atom. The molecule has 52 heavy (non-hydrogen) atoms. The molecule has 1 saturated heterocycles. The van der Waals surface area contributed by atoms with Crippen molar-refractivity contribution >= 4 is 38.8 Å². The number of nitrogens with one attached hydrogen (secondary N) is 1. The normalized spacial score (nSPS) is 33.2. The van der Waals surface area contributed by atoms with Crippen molar-refractivity contribution in [2.75, 3.05) is 77.8 Å². The number of anilines is 1. The molecule has 1 N–H and O–H groups in total. The maximum absolute atomic E-state index is 14.0. The van der Waals surface area contributed by atoms with Gasteiger partial charge in [-0.2, -0.15) is 0 Å². The van der Waals surface area contributed by atoms with Gasteiger partial charge in [0.2, 0.25) is 0 Å². The predicted octanol–water partition coefficient (Wildman–Crippen LogP) is 6.06. The second kappa shape index (κ2) is 16.0. The molecule has 0 radical (unpaired) electrons. The Hall–Kier alpha value is -2.60. The SMILES string of the molecule is C=S1(=O)NC(=O)c2ccc3c(c2)N(C[C@@H]2CC[C@H]2[C@](COCCN2CCOCC2)(OC)/C=C/CC[C@H]1CC)C[C@@]1(CCCc2cc(Cl)ccc21)CO3. The monoisotopic (exact) mass is 753 g/mol. The van der Waals surface area contributed by atoms with Crippen molar-refractivity contribution in [3.05, 3.63) is 70.3 Å². The van der Waals surface area contributed by atoms with Crippen LogP contribution in [0.2, 0.25) is 5.02 Å². The van der Waals surface area contributed by atoms with Crippen molar-refractivity contribution in [2.24, 2.45) is 11.8 Å². The summed E-state index contributed by atoms with van der Waals surface area (Å²) < 4.78 is 42.1. The van der Waals surface area contributed by atoms with Crippen LogP contribution in [0.4, 0.5) is 5.69 Å². The van der Waals surface area contributed by atoms with Gasteiger partial charge in [-0.05, 0) is 111 Å². The van der Waals surface area contributed by atoms with E-state index in [4.69, 9.17) is 30.5 Å². The molecule has 2 fully saturated rings. The van der Waals surface area contributed by atoms with Gasteiger partial charge in [0.25, 0.3) is 5.91 Å². The summed E-state index contributed by atoms with van der Waals surface area (Å²) in [6.07, 6.45) is 11.5. The number of ether oxygens (including phenoxy) is 4. The maximum atomic E-state index is 14.0. The van der Waals surface area contributed by atoms with Crippen molar-refractivity contribution in [3.8, 4) is 5.75 Å². The lowest BCUT2D eigenvalue weighted by Crippen LogP contribution is -2.55. The molecule has 11 heteroatoms. The van der Waals surface area contributed by atoms with Crippen molar-refractivity contribution < 1.29 is 28.0 Å².